The summed E-state index contributed by atoms with van der Waals surface area (Å²) in [5, 5.41) is 8.79. The van der Waals surface area contributed by atoms with E-state index in [-0.39, 0.29) is 12.5 Å². The third kappa shape index (κ3) is 4.71. The van der Waals surface area contributed by atoms with Crippen LogP contribution in [0.1, 0.15) is 47.7 Å². The van der Waals surface area contributed by atoms with Crippen LogP contribution in [0, 0.1) is 18.8 Å². The average molecular weight is 273 g/mol. The van der Waals surface area contributed by atoms with Crippen LogP contribution in [0.15, 0.2) is 18.2 Å². The first kappa shape index (κ1) is 16.3. The lowest BCUT2D eigenvalue weighted by Crippen LogP contribution is -2.28. The van der Waals surface area contributed by atoms with Crippen LogP contribution >= 0.6 is 0 Å². The van der Waals surface area contributed by atoms with Crippen LogP contribution in [-0.2, 0) is 0 Å². The van der Waals surface area contributed by atoms with Crippen LogP contribution in [-0.4, -0.2) is 36.1 Å². The zero-order valence-electron chi connectivity index (χ0n) is 12.6. The number of hydrogen-bond acceptors (Lipinski definition) is 2. The molecule has 3 heteroatoms. The standard InChI is InChI=1S/C17H23NO2/c1-4-5-11-18(3)17(20)16-10-9-14(2)13-15(16)8-6-7-12-19/h9-10,13,19H,4-5,7,11-12H2,1-3H3. The third-order valence-electron chi connectivity index (χ3n) is 3.06. The third-order valence-corrected chi connectivity index (χ3v) is 3.06. The predicted molar refractivity (Wildman–Crippen MR) is 81.6 cm³/mol. The van der Waals surface area contributed by atoms with Crippen molar-refractivity contribution in [3.63, 3.8) is 0 Å². The van der Waals surface area contributed by atoms with Gasteiger partial charge in [-0.3, -0.25) is 4.79 Å². The molecule has 0 heterocycles. The van der Waals surface area contributed by atoms with Crippen molar-refractivity contribution in [2.45, 2.75) is 33.1 Å². The van der Waals surface area contributed by atoms with Crippen molar-refractivity contribution in [2.75, 3.05) is 20.2 Å². The molecule has 0 radical (unpaired) electrons. The monoisotopic (exact) mass is 273 g/mol. The van der Waals surface area contributed by atoms with Crippen LogP contribution in [0.25, 0.3) is 0 Å². The number of carbonyl (C=O) groups excluding carboxylic acids is 1. The number of amides is 1. The van der Waals surface area contributed by atoms with E-state index in [4.69, 9.17) is 5.11 Å². The van der Waals surface area contributed by atoms with Gasteiger partial charge in [-0.15, -0.1) is 0 Å². The van der Waals surface area contributed by atoms with E-state index in [2.05, 4.69) is 18.8 Å². The molecule has 0 aromatic heterocycles. The van der Waals surface area contributed by atoms with E-state index < -0.39 is 0 Å². The number of rotatable bonds is 5. The molecule has 0 atom stereocenters. The van der Waals surface area contributed by atoms with Crippen molar-refractivity contribution in [1.82, 2.24) is 4.90 Å². The summed E-state index contributed by atoms with van der Waals surface area (Å²) in [6, 6.07) is 5.69. The molecule has 108 valence electrons. The number of hydrogen-bond donors (Lipinski definition) is 1. The first-order valence-corrected chi connectivity index (χ1v) is 7.06. The molecule has 0 fully saturated rings. The highest BCUT2D eigenvalue weighted by molar-refractivity contribution is 5.96. The molecule has 3 nitrogen and oxygen atoms in total. The maximum Gasteiger partial charge on any atom is 0.254 e. The molecule has 0 spiro atoms. The molecule has 1 aromatic carbocycles. The van der Waals surface area contributed by atoms with Gasteiger partial charge in [0.2, 0.25) is 0 Å². The minimum absolute atomic E-state index is 0.00625. The summed E-state index contributed by atoms with van der Waals surface area (Å²) in [4.78, 5) is 14.2. The van der Waals surface area contributed by atoms with Crippen LogP contribution in [0.2, 0.25) is 0 Å². The highest BCUT2D eigenvalue weighted by Crippen LogP contribution is 2.13. The topological polar surface area (TPSA) is 40.5 Å². The Kier molecular flexibility index (Phi) is 6.83. The Labute approximate surface area is 121 Å². The fourth-order valence-electron chi connectivity index (χ4n) is 1.86. The predicted octanol–water partition coefficient (Wildman–Crippen LogP) is 2.60. The van der Waals surface area contributed by atoms with Crippen molar-refractivity contribution < 1.29 is 9.90 Å². The number of aliphatic hydroxyl groups excluding tert-OH is 1. The number of nitrogens with zero attached hydrogens (tertiary/aromatic N) is 1. The van der Waals surface area contributed by atoms with Crippen molar-refractivity contribution in [3.05, 3.63) is 34.9 Å². The lowest BCUT2D eigenvalue weighted by molar-refractivity contribution is 0.0793. The Morgan fingerprint density at radius 1 is 1.40 bits per heavy atom. The van der Waals surface area contributed by atoms with Crippen LogP contribution in [0.5, 0.6) is 0 Å². The Hall–Kier alpha value is -1.79. The van der Waals surface area contributed by atoms with Gasteiger partial charge in [0.1, 0.15) is 0 Å². The summed E-state index contributed by atoms with van der Waals surface area (Å²) in [6.07, 6.45) is 2.49. The van der Waals surface area contributed by atoms with Gasteiger partial charge in [0.15, 0.2) is 0 Å². The van der Waals surface area contributed by atoms with E-state index in [1.54, 1.807) is 4.90 Å². The Bertz CT molecular complexity index is 511. The SMILES string of the molecule is CCCCN(C)C(=O)c1ccc(C)cc1C#CCCO. The average Bonchev–Trinajstić information content (AvgIpc) is 2.44. The van der Waals surface area contributed by atoms with Crippen molar-refractivity contribution in [2.24, 2.45) is 0 Å². The molecule has 0 aliphatic carbocycles. The Balaban J connectivity index is 2.99. The van der Waals surface area contributed by atoms with E-state index in [1.165, 1.54) is 0 Å². The summed E-state index contributed by atoms with van der Waals surface area (Å²) in [5.41, 5.74) is 2.46. The molecule has 0 unspecified atom stereocenters. The number of aliphatic hydroxyl groups is 1. The van der Waals surface area contributed by atoms with Gasteiger partial charge in [-0.1, -0.05) is 31.3 Å². The number of carbonyl (C=O) groups is 1. The largest absolute Gasteiger partial charge is 0.395 e. The van der Waals surface area contributed by atoms with Gasteiger partial charge in [-0.05, 0) is 31.0 Å². The first-order valence-electron chi connectivity index (χ1n) is 7.06. The number of aryl methyl sites for hydroxylation is 1. The molecule has 1 aromatic rings. The van der Waals surface area contributed by atoms with Gasteiger partial charge < -0.3 is 10.0 Å². The molecular formula is C17H23NO2. The van der Waals surface area contributed by atoms with Gasteiger partial charge in [0.05, 0.1) is 12.2 Å². The van der Waals surface area contributed by atoms with Crippen molar-refractivity contribution in [3.8, 4) is 11.8 Å². The van der Waals surface area contributed by atoms with Crippen LogP contribution < -0.4 is 0 Å². The molecule has 0 saturated carbocycles. The molecule has 1 rings (SSSR count). The summed E-state index contributed by atoms with van der Waals surface area (Å²) in [6.45, 7) is 4.88. The highest BCUT2D eigenvalue weighted by atomic mass is 16.2. The van der Waals surface area contributed by atoms with Gasteiger partial charge in [-0.2, -0.15) is 0 Å². The normalized spacial score (nSPS) is 9.80. The summed E-state index contributed by atoms with van der Waals surface area (Å²) < 4.78 is 0. The van der Waals surface area contributed by atoms with E-state index in [1.807, 2.05) is 32.2 Å². The zero-order chi connectivity index (χ0) is 15.0. The molecule has 20 heavy (non-hydrogen) atoms. The second-order valence-electron chi connectivity index (χ2n) is 4.90. The fraction of sp³-hybridized carbons (Fsp3) is 0.471. The van der Waals surface area contributed by atoms with Crippen molar-refractivity contribution in [1.29, 1.82) is 0 Å². The number of unbranched alkanes of at least 4 members (excludes halogenated alkanes) is 1. The second-order valence-corrected chi connectivity index (χ2v) is 4.90. The lowest BCUT2D eigenvalue weighted by Gasteiger charge is -2.17. The van der Waals surface area contributed by atoms with E-state index >= 15 is 0 Å². The smallest absolute Gasteiger partial charge is 0.254 e. The van der Waals surface area contributed by atoms with Crippen LogP contribution in [0.3, 0.4) is 0 Å². The van der Waals surface area contributed by atoms with Gasteiger partial charge in [0.25, 0.3) is 5.91 Å². The van der Waals surface area contributed by atoms with Gasteiger partial charge in [-0.25, -0.2) is 0 Å². The molecule has 0 bridgehead atoms. The summed E-state index contributed by atoms with van der Waals surface area (Å²) >= 11 is 0. The molecule has 1 N–H and O–H groups in total. The van der Waals surface area contributed by atoms with E-state index in [9.17, 15) is 4.79 Å². The van der Waals surface area contributed by atoms with E-state index in [0.717, 1.165) is 30.5 Å². The zero-order valence-corrected chi connectivity index (χ0v) is 12.6. The highest BCUT2D eigenvalue weighted by Gasteiger charge is 2.14. The summed E-state index contributed by atoms with van der Waals surface area (Å²) in [5.74, 6) is 5.88. The van der Waals surface area contributed by atoms with Crippen LogP contribution in [0.4, 0.5) is 0 Å². The fourth-order valence-corrected chi connectivity index (χ4v) is 1.86. The molecule has 1 amide bonds. The maximum absolute atomic E-state index is 12.4. The number of benzene rings is 1. The second kappa shape index (κ2) is 8.39. The molecule has 0 aliphatic rings. The maximum atomic E-state index is 12.4. The lowest BCUT2D eigenvalue weighted by atomic mass is 10.0. The van der Waals surface area contributed by atoms with Gasteiger partial charge in [0, 0.05) is 25.6 Å². The quantitative estimate of drug-likeness (QED) is 0.838. The Morgan fingerprint density at radius 3 is 2.80 bits per heavy atom. The van der Waals surface area contributed by atoms with Gasteiger partial charge >= 0.3 is 0 Å². The van der Waals surface area contributed by atoms with E-state index in [0.29, 0.717) is 12.0 Å². The minimum atomic E-state index is 0.00625. The minimum Gasteiger partial charge on any atom is -0.395 e. The molecular weight excluding hydrogens is 250 g/mol. The molecule has 0 saturated heterocycles. The first-order chi connectivity index (χ1) is 9.60. The Morgan fingerprint density at radius 2 is 2.15 bits per heavy atom. The van der Waals surface area contributed by atoms with Crippen molar-refractivity contribution >= 4 is 5.91 Å². The summed E-state index contributed by atoms with van der Waals surface area (Å²) in [7, 11) is 1.82. The molecule has 0 aliphatic heterocycles.